The van der Waals surface area contributed by atoms with Crippen molar-refractivity contribution in [3.63, 3.8) is 0 Å². The van der Waals surface area contributed by atoms with Crippen LogP contribution in [0.5, 0.6) is 11.6 Å². The summed E-state index contributed by atoms with van der Waals surface area (Å²) in [4.78, 5) is 27.8. The van der Waals surface area contributed by atoms with Crippen LogP contribution in [0.3, 0.4) is 0 Å². The van der Waals surface area contributed by atoms with E-state index >= 15 is 0 Å². The molecule has 1 saturated carbocycles. The van der Waals surface area contributed by atoms with Crippen LogP contribution in [0.15, 0.2) is 36.9 Å². The van der Waals surface area contributed by atoms with Gasteiger partial charge in [0.2, 0.25) is 11.8 Å². The molecule has 0 aromatic carbocycles. The van der Waals surface area contributed by atoms with Crippen molar-refractivity contribution in [2.45, 2.75) is 44.4 Å². The fourth-order valence-electron chi connectivity index (χ4n) is 4.05. The number of rotatable bonds is 4. The number of piperidine rings is 1. The Morgan fingerprint density at radius 3 is 2.73 bits per heavy atom. The Labute approximate surface area is 153 Å². The highest BCUT2D eigenvalue weighted by Gasteiger charge is 2.32. The average Bonchev–Trinajstić information content (AvgIpc) is 3.24. The van der Waals surface area contributed by atoms with Gasteiger partial charge in [0, 0.05) is 43.5 Å². The van der Waals surface area contributed by atoms with Crippen LogP contribution < -0.4 is 4.74 Å². The van der Waals surface area contributed by atoms with E-state index in [4.69, 9.17) is 4.74 Å². The molecule has 2 aromatic rings. The van der Waals surface area contributed by atoms with Gasteiger partial charge in [-0.15, -0.1) is 0 Å². The van der Waals surface area contributed by atoms with E-state index in [1.165, 1.54) is 12.8 Å². The van der Waals surface area contributed by atoms with Crippen molar-refractivity contribution in [1.82, 2.24) is 19.9 Å². The first-order valence-electron chi connectivity index (χ1n) is 9.49. The van der Waals surface area contributed by atoms with Gasteiger partial charge in [-0.2, -0.15) is 0 Å². The number of likely N-dealkylation sites (tertiary alicyclic amines) is 1. The molecular weight excluding hydrogens is 328 g/mol. The monoisotopic (exact) mass is 352 g/mol. The third kappa shape index (κ3) is 3.69. The summed E-state index contributed by atoms with van der Waals surface area (Å²) in [7, 11) is 0. The number of hydrogen-bond donors (Lipinski definition) is 0. The van der Waals surface area contributed by atoms with Crippen LogP contribution in [0.4, 0.5) is 0 Å². The lowest BCUT2D eigenvalue weighted by Gasteiger charge is -2.34. The van der Waals surface area contributed by atoms with Crippen molar-refractivity contribution in [3.05, 3.63) is 42.6 Å². The molecule has 0 radical (unpaired) electrons. The largest absolute Gasteiger partial charge is 0.436 e. The molecule has 1 unspecified atom stereocenters. The molecule has 0 N–H and O–H groups in total. The fraction of sp³-hybridized carbons (Fsp3) is 0.500. The number of amides is 1. The SMILES string of the molecule is O=C(C1CCCC1)N1CCCC(c2nccnc2Oc2cccnc2)C1. The number of carbonyl (C=O) groups excluding carboxylic acids is 1. The maximum absolute atomic E-state index is 12.8. The van der Waals surface area contributed by atoms with Crippen LogP contribution in [0.1, 0.15) is 50.1 Å². The van der Waals surface area contributed by atoms with E-state index in [1.54, 1.807) is 24.8 Å². The summed E-state index contributed by atoms with van der Waals surface area (Å²) in [5, 5.41) is 0. The minimum atomic E-state index is 0.162. The molecule has 26 heavy (non-hydrogen) atoms. The summed E-state index contributed by atoms with van der Waals surface area (Å²) in [6.07, 6.45) is 13.1. The van der Waals surface area contributed by atoms with E-state index < -0.39 is 0 Å². The standard InChI is InChI=1S/C20H24N4O2/c25-20(15-5-1-2-6-15)24-12-4-7-16(14-24)18-19(23-11-10-22-18)26-17-8-3-9-21-13-17/h3,8-11,13,15-16H,1-2,4-7,12,14H2. The molecule has 4 rings (SSSR count). The molecule has 6 heteroatoms. The molecule has 2 fully saturated rings. The highest BCUT2D eigenvalue weighted by Crippen LogP contribution is 2.34. The highest BCUT2D eigenvalue weighted by molar-refractivity contribution is 5.79. The summed E-state index contributed by atoms with van der Waals surface area (Å²) < 4.78 is 5.92. The number of pyridine rings is 1. The predicted molar refractivity (Wildman–Crippen MR) is 96.9 cm³/mol. The first-order valence-corrected chi connectivity index (χ1v) is 9.49. The van der Waals surface area contributed by atoms with E-state index in [0.29, 0.717) is 24.1 Å². The summed E-state index contributed by atoms with van der Waals surface area (Å²) >= 11 is 0. The average molecular weight is 352 g/mol. The summed E-state index contributed by atoms with van der Waals surface area (Å²) in [6.45, 7) is 1.56. The van der Waals surface area contributed by atoms with Crippen LogP contribution in [-0.2, 0) is 4.79 Å². The lowest BCUT2D eigenvalue weighted by atomic mass is 9.93. The first kappa shape index (κ1) is 16.9. The molecular formula is C20H24N4O2. The van der Waals surface area contributed by atoms with Gasteiger partial charge < -0.3 is 9.64 Å². The van der Waals surface area contributed by atoms with Gasteiger partial charge >= 0.3 is 0 Å². The molecule has 6 nitrogen and oxygen atoms in total. The number of carbonyl (C=O) groups is 1. The predicted octanol–water partition coefficient (Wildman–Crippen LogP) is 3.56. The van der Waals surface area contributed by atoms with Crippen molar-refractivity contribution in [1.29, 1.82) is 0 Å². The van der Waals surface area contributed by atoms with Crippen LogP contribution in [0.2, 0.25) is 0 Å². The Bertz CT molecular complexity index is 746. The molecule has 136 valence electrons. The highest BCUT2D eigenvalue weighted by atomic mass is 16.5. The van der Waals surface area contributed by atoms with Gasteiger partial charge in [-0.25, -0.2) is 4.98 Å². The molecule has 1 saturated heterocycles. The maximum atomic E-state index is 12.8. The maximum Gasteiger partial charge on any atom is 0.241 e. The topological polar surface area (TPSA) is 68.2 Å². The van der Waals surface area contributed by atoms with E-state index in [-0.39, 0.29) is 11.8 Å². The number of nitrogens with zero attached hydrogens (tertiary/aromatic N) is 4. The Morgan fingerprint density at radius 2 is 1.92 bits per heavy atom. The van der Waals surface area contributed by atoms with E-state index in [1.807, 2.05) is 17.0 Å². The third-order valence-electron chi connectivity index (χ3n) is 5.36. The molecule has 1 amide bonds. The van der Waals surface area contributed by atoms with Crippen molar-refractivity contribution in [2.24, 2.45) is 5.92 Å². The molecule has 2 aromatic heterocycles. The lowest BCUT2D eigenvalue weighted by Crippen LogP contribution is -2.42. The van der Waals surface area contributed by atoms with Gasteiger partial charge in [0.15, 0.2) is 0 Å². The second-order valence-electron chi connectivity index (χ2n) is 7.14. The molecule has 1 aliphatic carbocycles. The molecule has 1 aliphatic heterocycles. The first-order chi connectivity index (χ1) is 12.8. The van der Waals surface area contributed by atoms with Gasteiger partial charge in [-0.05, 0) is 37.8 Å². The molecule has 0 bridgehead atoms. The Balaban J connectivity index is 1.50. The zero-order valence-electron chi connectivity index (χ0n) is 14.9. The van der Waals surface area contributed by atoms with Gasteiger partial charge in [-0.1, -0.05) is 12.8 Å². The van der Waals surface area contributed by atoms with E-state index in [0.717, 1.165) is 37.9 Å². The van der Waals surface area contributed by atoms with Gasteiger partial charge in [0.1, 0.15) is 11.4 Å². The summed E-state index contributed by atoms with van der Waals surface area (Å²) in [5.41, 5.74) is 0.834. The number of hydrogen-bond acceptors (Lipinski definition) is 5. The van der Waals surface area contributed by atoms with Crippen molar-refractivity contribution < 1.29 is 9.53 Å². The molecule has 1 atom stereocenters. The smallest absolute Gasteiger partial charge is 0.241 e. The molecule has 2 aliphatic rings. The van der Waals surface area contributed by atoms with Crippen molar-refractivity contribution in [2.75, 3.05) is 13.1 Å². The summed E-state index contributed by atoms with van der Waals surface area (Å²) in [6, 6.07) is 3.68. The molecule has 3 heterocycles. The fourth-order valence-corrected chi connectivity index (χ4v) is 4.05. The normalized spacial score (nSPS) is 20.9. The Hall–Kier alpha value is -2.50. The summed E-state index contributed by atoms with van der Waals surface area (Å²) in [5.74, 6) is 1.87. The van der Waals surface area contributed by atoms with Crippen LogP contribution in [0.25, 0.3) is 0 Å². The van der Waals surface area contributed by atoms with Gasteiger partial charge in [0.25, 0.3) is 0 Å². The van der Waals surface area contributed by atoms with Gasteiger partial charge in [0.05, 0.1) is 6.20 Å². The van der Waals surface area contributed by atoms with Crippen molar-refractivity contribution >= 4 is 5.91 Å². The minimum absolute atomic E-state index is 0.162. The zero-order chi connectivity index (χ0) is 17.8. The lowest BCUT2D eigenvalue weighted by molar-refractivity contribution is -0.136. The minimum Gasteiger partial charge on any atom is -0.436 e. The van der Waals surface area contributed by atoms with Crippen LogP contribution >= 0.6 is 0 Å². The molecule has 0 spiro atoms. The number of ether oxygens (including phenoxy) is 1. The Morgan fingerprint density at radius 1 is 1.08 bits per heavy atom. The second-order valence-corrected chi connectivity index (χ2v) is 7.14. The van der Waals surface area contributed by atoms with Gasteiger partial charge in [-0.3, -0.25) is 14.8 Å². The van der Waals surface area contributed by atoms with Crippen molar-refractivity contribution in [3.8, 4) is 11.6 Å². The van der Waals surface area contributed by atoms with E-state index in [2.05, 4.69) is 15.0 Å². The Kier molecular flexibility index (Phi) is 5.09. The number of aromatic nitrogens is 3. The van der Waals surface area contributed by atoms with Crippen LogP contribution in [0, 0.1) is 5.92 Å². The third-order valence-corrected chi connectivity index (χ3v) is 5.36. The van der Waals surface area contributed by atoms with Crippen LogP contribution in [-0.4, -0.2) is 38.8 Å². The second kappa shape index (κ2) is 7.81. The van der Waals surface area contributed by atoms with E-state index in [9.17, 15) is 4.79 Å². The quantitative estimate of drug-likeness (QED) is 0.841. The zero-order valence-corrected chi connectivity index (χ0v) is 14.9.